The fourth-order valence-corrected chi connectivity index (χ4v) is 4.10. The van der Waals surface area contributed by atoms with Crippen molar-refractivity contribution in [1.82, 2.24) is 19.6 Å². The van der Waals surface area contributed by atoms with Gasteiger partial charge in [-0.15, -0.1) is 0 Å². The maximum atomic E-state index is 13.2. The first-order valence-corrected chi connectivity index (χ1v) is 11.0. The molecule has 9 heteroatoms. The molecule has 1 aromatic heterocycles. The second-order valence-electron chi connectivity index (χ2n) is 7.46. The van der Waals surface area contributed by atoms with Gasteiger partial charge in [0.05, 0.1) is 17.8 Å². The summed E-state index contributed by atoms with van der Waals surface area (Å²) in [7, 11) is 0. The summed E-state index contributed by atoms with van der Waals surface area (Å²) in [6.07, 6.45) is -0.426. The zero-order valence-electron chi connectivity index (χ0n) is 17.5. The van der Waals surface area contributed by atoms with Crippen LogP contribution in [0.15, 0.2) is 54.6 Å². The summed E-state index contributed by atoms with van der Waals surface area (Å²) in [5.74, 6) is 0.290. The van der Waals surface area contributed by atoms with Crippen molar-refractivity contribution in [3.63, 3.8) is 0 Å². The normalized spacial score (nSPS) is 13.8. The van der Waals surface area contributed by atoms with Gasteiger partial charge in [0.2, 0.25) is 0 Å². The second kappa shape index (κ2) is 9.63. The lowest BCUT2D eigenvalue weighted by Crippen LogP contribution is -2.51. The molecule has 0 atom stereocenters. The van der Waals surface area contributed by atoms with Crippen molar-refractivity contribution < 1.29 is 14.3 Å². The molecule has 0 unspecified atom stereocenters. The predicted octanol–water partition coefficient (Wildman–Crippen LogP) is 4.50. The number of carbonyl (C=O) groups excluding carboxylic acids is 2. The fourth-order valence-electron chi connectivity index (χ4n) is 3.59. The highest BCUT2D eigenvalue weighted by molar-refractivity contribution is 6.33. The number of amides is 2. The van der Waals surface area contributed by atoms with Crippen molar-refractivity contribution in [2.75, 3.05) is 26.2 Å². The van der Waals surface area contributed by atoms with Gasteiger partial charge in [0.25, 0.3) is 5.91 Å². The van der Waals surface area contributed by atoms with E-state index in [0.29, 0.717) is 54.8 Å². The van der Waals surface area contributed by atoms with Crippen molar-refractivity contribution in [1.29, 1.82) is 0 Å². The first-order valence-electron chi connectivity index (χ1n) is 10.2. The van der Waals surface area contributed by atoms with Crippen LogP contribution in [-0.4, -0.2) is 57.8 Å². The Hall–Kier alpha value is -3.03. The monoisotopic (exact) mass is 472 g/mol. The van der Waals surface area contributed by atoms with Crippen LogP contribution in [0.25, 0.3) is 0 Å². The van der Waals surface area contributed by atoms with Crippen LogP contribution in [-0.2, 0) is 6.54 Å². The Kier molecular flexibility index (Phi) is 6.67. The molecule has 1 aliphatic heterocycles. The van der Waals surface area contributed by atoms with Gasteiger partial charge in [-0.1, -0.05) is 59.6 Å². The Morgan fingerprint density at radius 3 is 2.25 bits per heavy atom. The van der Waals surface area contributed by atoms with Gasteiger partial charge in [-0.2, -0.15) is 5.10 Å². The minimum atomic E-state index is -0.426. The molecular weight excluding hydrogens is 451 g/mol. The van der Waals surface area contributed by atoms with Crippen LogP contribution in [0.1, 0.15) is 21.6 Å². The van der Waals surface area contributed by atoms with Crippen LogP contribution < -0.4 is 4.74 Å². The topological polar surface area (TPSA) is 67.7 Å². The van der Waals surface area contributed by atoms with E-state index in [1.807, 2.05) is 24.3 Å². The van der Waals surface area contributed by atoms with Crippen LogP contribution >= 0.6 is 23.2 Å². The van der Waals surface area contributed by atoms with E-state index in [1.165, 1.54) is 0 Å². The van der Waals surface area contributed by atoms with Crippen molar-refractivity contribution in [2.24, 2.45) is 0 Å². The van der Waals surface area contributed by atoms with E-state index >= 15 is 0 Å². The number of nitrogens with zero attached hydrogens (tertiary/aromatic N) is 4. The lowest BCUT2D eigenvalue weighted by molar-refractivity contribution is 0.0633. The number of rotatable bonds is 4. The number of piperazine rings is 1. The molecule has 7 nitrogen and oxygen atoms in total. The van der Waals surface area contributed by atoms with E-state index in [0.717, 1.165) is 5.56 Å². The SMILES string of the molecule is Cc1nn(Cc2ccccc2Cl)c(Cl)c1C(=O)N1CCN(C(=O)Oc2ccccc2)CC1. The van der Waals surface area contributed by atoms with Gasteiger partial charge < -0.3 is 14.5 Å². The Balaban J connectivity index is 1.40. The molecule has 4 rings (SSSR count). The smallest absolute Gasteiger partial charge is 0.410 e. The number of aryl methyl sites for hydroxylation is 1. The zero-order chi connectivity index (χ0) is 22.7. The van der Waals surface area contributed by atoms with E-state index in [9.17, 15) is 9.59 Å². The van der Waals surface area contributed by atoms with Crippen LogP contribution in [0.2, 0.25) is 10.2 Å². The quantitative estimate of drug-likeness (QED) is 0.560. The summed E-state index contributed by atoms with van der Waals surface area (Å²) in [6.45, 7) is 3.65. The van der Waals surface area contributed by atoms with E-state index in [1.54, 1.807) is 51.7 Å². The summed E-state index contributed by atoms with van der Waals surface area (Å²) < 4.78 is 6.96. The van der Waals surface area contributed by atoms with Crippen molar-refractivity contribution in [3.8, 4) is 5.75 Å². The molecule has 0 bridgehead atoms. The molecule has 1 aliphatic rings. The Bertz CT molecular complexity index is 1130. The number of carbonyl (C=O) groups is 2. The summed E-state index contributed by atoms with van der Waals surface area (Å²) in [6, 6.07) is 16.3. The summed E-state index contributed by atoms with van der Waals surface area (Å²) >= 11 is 12.8. The molecule has 32 heavy (non-hydrogen) atoms. The third kappa shape index (κ3) is 4.74. The Morgan fingerprint density at radius 2 is 1.56 bits per heavy atom. The first kappa shape index (κ1) is 22.2. The molecule has 0 saturated carbocycles. The van der Waals surface area contributed by atoms with Crippen LogP contribution in [0.5, 0.6) is 5.75 Å². The van der Waals surface area contributed by atoms with E-state index in [-0.39, 0.29) is 11.1 Å². The number of halogens is 2. The molecule has 2 amide bonds. The van der Waals surface area contributed by atoms with Crippen molar-refractivity contribution >= 4 is 35.2 Å². The molecular formula is C23H22Cl2N4O3. The summed E-state index contributed by atoms with van der Waals surface area (Å²) in [5.41, 5.74) is 1.79. The van der Waals surface area contributed by atoms with Gasteiger partial charge in [0.1, 0.15) is 10.9 Å². The minimum Gasteiger partial charge on any atom is -0.410 e. The number of aromatic nitrogens is 2. The molecule has 166 valence electrons. The Labute approximate surface area is 196 Å². The predicted molar refractivity (Wildman–Crippen MR) is 122 cm³/mol. The summed E-state index contributed by atoms with van der Waals surface area (Å²) in [5, 5.41) is 5.34. The standard InChI is InChI=1S/C23H22Cl2N4O3/c1-16-20(21(25)29(26-16)15-17-7-5-6-10-19(17)24)22(30)27-11-13-28(14-12-27)23(31)32-18-8-3-2-4-9-18/h2-10H,11-15H2,1H3. The molecule has 3 aromatic rings. The third-order valence-electron chi connectivity index (χ3n) is 5.33. The van der Waals surface area contributed by atoms with Gasteiger partial charge in [-0.3, -0.25) is 4.79 Å². The first-order chi connectivity index (χ1) is 15.4. The Morgan fingerprint density at radius 1 is 0.938 bits per heavy atom. The lowest BCUT2D eigenvalue weighted by atomic mass is 10.2. The van der Waals surface area contributed by atoms with Crippen molar-refractivity contribution in [3.05, 3.63) is 81.6 Å². The highest BCUT2D eigenvalue weighted by Gasteiger charge is 2.30. The molecule has 0 N–H and O–H groups in total. The van der Waals surface area contributed by atoms with E-state index < -0.39 is 6.09 Å². The molecule has 0 spiro atoms. The van der Waals surface area contributed by atoms with Gasteiger partial charge in [0.15, 0.2) is 0 Å². The number of hydrogen-bond acceptors (Lipinski definition) is 4. The number of hydrogen-bond donors (Lipinski definition) is 0. The molecule has 0 radical (unpaired) electrons. The average molecular weight is 473 g/mol. The maximum Gasteiger partial charge on any atom is 0.415 e. The van der Waals surface area contributed by atoms with Gasteiger partial charge in [-0.05, 0) is 30.7 Å². The minimum absolute atomic E-state index is 0.200. The van der Waals surface area contributed by atoms with Gasteiger partial charge >= 0.3 is 6.09 Å². The zero-order valence-corrected chi connectivity index (χ0v) is 19.0. The van der Waals surface area contributed by atoms with Crippen LogP contribution in [0.4, 0.5) is 4.79 Å². The van der Waals surface area contributed by atoms with Gasteiger partial charge in [0, 0.05) is 31.2 Å². The number of benzene rings is 2. The second-order valence-corrected chi connectivity index (χ2v) is 8.23. The van der Waals surface area contributed by atoms with Crippen LogP contribution in [0.3, 0.4) is 0 Å². The highest BCUT2D eigenvalue weighted by Crippen LogP contribution is 2.25. The molecule has 2 heterocycles. The van der Waals surface area contributed by atoms with Crippen LogP contribution in [0, 0.1) is 6.92 Å². The molecule has 1 saturated heterocycles. The third-order valence-corrected chi connectivity index (χ3v) is 6.08. The average Bonchev–Trinajstić information content (AvgIpc) is 3.08. The number of ether oxygens (including phenoxy) is 1. The van der Waals surface area contributed by atoms with Crippen molar-refractivity contribution in [2.45, 2.75) is 13.5 Å². The lowest BCUT2D eigenvalue weighted by Gasteiger charge is -2.34. The largest absolute Gasteiger partial charge is 0.415 e. The molecule has 1 fully saturated rings. The molecule has 2 aromatic carbocycles. The van der Waals surface area contributed by atoms with Gasteiger partial charge in [-0.25, -0.2) is 9.48 Å². The molecule has 0 aliphatic carbocycles. The maximum absolute atomic E-state index is 13.2. The number of para-hydroxylation sites is 1. The highest BCUT2D eigenvalue weighted by atomic mass is 35.5. The summed E-state index contributed by atoms with van der Waals surface area (Å²) in [4.78, 5) is 28.8. The fraction of sp³-hybridized carbons (Fsp3) is 0.261. The van der Waals surface area contributed by atoms with E-state index in [2.05, 4.69) is 5.10 Å². The van der Waals surface area contributed by atoms with E-state index in [4.69, 9.17) is 27.9 Å².